The zero-order valence-electron chi connectivity index (χ0n) is 36.2. The predicted molar refractivity (Wildman–Crippen MR) is 237 cm³/mol. The topological polar surface area (TPSA) is 63.3 Å². The van der Waals surface area contributed by atoms with Crippen LogP contribution >= 0.6 is 0 Å². The molecule has 0 aliphatic rings. The molecule has 1 radical (unpaired) electrons. The van der Waals surface area contributed by atoms with Crippen LogP contribution in [-0.4, -0.2) is 15.9 Å². The number of aryl methyl sites for hydroxylation is 4. The second-order valence-corrected chi connectivity index (χ2v) is 16.7. The van der Waals surface area contributed by atoms with E-state index in [0.717, 1.165) is 76.7 Å². The molecule has 0 aliphatic carbocycles. The zero-order valence-corrected chi connectivity index (χ0v) is 38.6. The van der Waals surface area contributed by atoms with Gasteiger partial charge >= 0.3 is 0 Å². The first kappa shape index (κ1) is 45.4. The molecule has 2 aromatic heterocycles. The van der Waals surface area contributed by atoms with Crippen molar-refractivity contribution in [2.45, 2.75) is 115 Å². The van der Waals surface area contributed by atoms with Crippen LogP contribution in [0.15, 0.2) is 95.1 Å². The van der Waals surface area contributed by atoms with Crippen molar-refractivity contribution in [3.05, 3.63) is 125 Å². The van der Waals surface area contributed by atoms with Crippen LogP contribution in [0.5, 0.6) is 0 Å². The second kappa shape index (κ2) is 19.0. The minimum Gasteiger partial charge on any atom is -0.512 e. The van der Waals surface area contributed by atoms with E-state index in [2.05, 4.69) is 120 Å². The average Bonchev–Trinajstić information content (AvgIpc) is 3.48. The molecule has 0 fully saturated rings. The van der Waals surface area contributed by atoms with Gasteiger partial charge in [-0.05, 0) is 93.5 Å². The van der Waals surface area contributed by atoms with E-state index in [1.165, 1.54) is 44.8 Å². The maximum absolute atomic E-state index is 12.2. The Bertz CT molecular complexity index is 2330. The minimum atomic E-state index is -0.337. The molecule has 4 aromatic carbocycles. The van der Waals surface area contributed by atoms with Crippen molar-refractivity contribution >= 4 is 27.7 Å². The van der Waals surface area contributed by atoms with Crippen molar-refractivity contribution in [3.8, 4) is 33.5 Å². The average molecular weight is 941 g/mol. The summed E-state index contributed by atoms with van der Waals surface area (Å²) in [6, 6.07) is 31.9. The molecule has 0 saturated carbocycles. The van der Waals surface area contributed by atoms with Crippen LogP contribution in [0.4, 0.5) is 0 Å². The van der Waals surface area contributed by atoms with Crippen LogP contribution in [0.25, 0.3) is 55.4 Å². The van der Waals surface area contributed by atoms with Gasteiger partial charge in [-0.25, -0.2) is 0 Å². The first-order chi connectivity index (χ1) is 26.6. The molecule has 4 nitrogen and oxygen atoms in total. The summed E-state index contributed by atoms with van der Waals surface area (Å²) in [7, 11) is 0. The quantitative estimate of drug-likeness (QED) is 0.0754. The van der Waals surface area contributed by atoms with Gasteiger partial charge in [-0.15, -0.1) is 23.6 Å². The van der Waals surface area contributed by atoms with E-state index in [9.17, 15) is 9.90 Å². The van der Waals surface area contributed by atoms with Crippen LogP contribution in [0.2, 0.25) is 0 Å². The number of furan rings is 1. The number of nitrogens with zero attached hydrogens (tertiary/aromatic N) is 1. The maximum Gasteiger partial charge on any atom is 0.164 e. The molecule has 6 rings (SSSR count). The van der Waals surface area contributed by atoms with Gasteiger partial charge < -0.3 is 9.52 Å². The van der Waals surface area contributed by atoms with E-state index < -0.39 is 0 Å². The number of ketones is 1. The van der Waals surface area contributed by atoms with E-state index in [-0.39, 0.29) is 42.5 Å². The Morgan fingerprint density at radius 1 is 0.807 bits per heavy atom. The number of carbonyl (C=O) groups is 1. The fraction of sp³-hybridized carbons (Fsp3) is 0.385. The summed E-state index contributed by atoms with van der Waals surface area (Å²) >= 11 is 0. The Morgan fingerprint density at radius 2 is 1.39 bits per heavy atom. The van der Waals surface area contributed by atoms with Crippen molar-refractivity contribution in [2.24, 2.45) is 16.7 Å². The van der Waals surface area contributed by atoms with Crippen LogP contribution in [0.3, 0.4) is 0 Å². The molecule has 2 heterocycles. The molecular formula is C52H62IrNO3-. The zero-order chi connectivity index (χ0) is 40.9. The molecule has 57 heavy (non-hydrogen) atoms. The first-order valence-electron chi connectivity index (χ1n) is 20.6. The summed E-state index contributed by atoms with van der Waals surface area (Å²) in [5.74, 6) is 1.82. The number of allylic oxidation sites excluding steroid dienone is 2. The molecule has 6 aromatic rings. The van der Waals surface area contributed by atoms with E-state index >= 15 is 0 Å². The van der Waals surface area contributed by atoms with Crippen molar-refractivity contribution in [1.82, 2.24) is 4.98 Å². The molecule has 0 unspecified atom stereocenters. The number of pyridine rings is 1. The van der Waals surface area contributed by atoms with Gasteiger partial charge in [0.25, 0.3) is 0 Å². The molecule has 0 bridgehead atoms. The molecular weight excluding hydrogens is 879 g/mol. The number of benzene rings is 4. The summed E-state index contributed by atoms with van der Waals surface area (Å²) in [5.41, 5.74) is 12.8. The number of aliphatic hydroxyl groups excluding tert-OH is 1. The summed E-state index contributed by atoms with van der Waals surface area (Å²) in [5, 5.41) is 12.4. The fourth-order valence-corrected chi connectivity index (χ4v) is 7.59. The van der Waals surface area contributed by atoms with E-state index in [1.807, 2.05) is 48.5 Å². The van der Waals surface area contributed by atoms with E-state index in [4.69, 9.17) is 9.40 Å². The Balaban J connectivity index is 0.000000341. The van der Waals surface area contributed by atoms with Gasteiger partial charge in [0.05, 0.1) is 0 Å². The third-order valence-electron chi connectivity index (χ3n) is 12.4. The Hall–Kier alpha value is -4.31. The van der Waals surface area contributed by atoms with Crippen molar-refractivity contribution in [1.29, 1.82) is 0 Å². The van der Waals surface area contributed by atoms with Gasteiger partial charge in [0, 0.05) is 53.8 Å². The van der Waals surface area contributed by atoms with E-state index in [1.54, 1.807) is 0 Å². The van der Waals surface area contributed by atoms with Crippen LogP contribution < -0.4 is 0 Å². The van der Waals surface area contributed by atoms with Crippen LogP contribution in [-0.2, 0) is 31.3 Å². The molecule has 303 valence electrons. The fourth-order valence-electron chi connectivity index (χ4n) is 7.59. The van der Waals surface area contributed by atoms with Crippen molar-refractivity contribution < 1.29 is 34.4 Å². The third kappa shape index (κ3) is 9.70. The van der Waals surface area contributed by atoms with Crippen molar-refractivity contribution in [3.63, 3.8) is 0 Å². The molecule has 5 heteroatoms. The maximum atomic E-state index is 12.2. The minimum absolute atomic E-state index is 0. The van der Waals surface area contributed by atoms with Gasteiger partial charge in [-0.2, -0.15) is 0 Å². The van der Waals surface area contributed by atoms with Gasteiger partial charge in [-0.3, -0.25) is 9.78 Å². The largest absolute Gasteiger partial charge is 0.512 e. The molecule has 0 spiro atoms. The number of rotatable bonds is 12. The SMILES string of the molecule is CCC(C)(CC)C(=O)/C=C(\O)C(C)(CC)CC.Cc1cc(CC(C)C)cc(C)c1-c1cc(-c2[c-]c3ccccc3c(-c3ccccc3)c2)nc2c(C)c(C)oc12.[Ir]. The molecule has 1 N–H and O–H groups in total. The number of fused-ring (bicyclic) bond motifs is 2. The number of carbonyl (C=O) groups excluding carboxylic acids is 1. The second-order valence-electron chi connectivity index (χ2n) is 16.7. The Labute approximate surface area is 355 Å². The van der Waals surface area contributed by atoms with Gasteiger partial charge in [0.1, 0.15) is 17.0 Å². The van der Waals surface area contributed by atoms with E-state index in [0.29, 0.717) is 5.92 Å². The number of hydrogen-bond donors (Lipinski definition) is 1. The van der Waals surface area contributed by atoms with Crippen LogP contribution in [0.1, 0.15) is 109 Å². The normalized spacial score (nSPS) is 12.1. The predicted octanol–water partition coefficient (Wildman–Crippen LogP) is 14.9. The smallest absolute Gasteiger partial charge is 0.164 e. The Morgan fingerprint density at radius 3 is 1.96 bits per heavy atom. The van der Waals surface area contributed by atoms with Gasteiger partial charge in [0.15, 0.2) is 11.4 Å². The molecule has 0 saturated heterocycles. The summed E-state index contributed by atoms with van der Waals surface area (Å²) in [6.45, 7) is 25.2. The van der Waals surface area contributed by atoms with Gasteiger partial charge in [0.2, 0.25) is 0 Å². The standard InChI is InChI=1S/C37H34NO.C15H28O2.Ir/c1-22(2)16-27-17-23(3)35(24(4)18-27)33-21-34(38-36-25(5)26(6)39-37(33)36)30-19-29-14-10-11-15-31(29)32(20-30)28-12-8-7-9-13-28;1-7-14(5,8-2)12(16)11-13(17)15(6,9-3)10-4;/h7-15,17-18,20-22H,16H2,1-6H3;11,16H,7-10H2,1-6H3;/q-1;;/b;12-11-;. The Kier molecular flexibility index (Phi) is 15.1. The summed E-state index contributed by atoms with van der Waals surface area (Å²) in [6.07, 6.45) is 5.83. The monoisotopic (exact) mass is 941 g/mol. The summed E-state index contributed by atoms with van der Waals surface area (Å²) in [4.78, 5) is 17.4. The van der Waals surface area contributed by atoms with Crippen molar-refractivity contribution in [2.75, 3.05) is 0 Å². The van der Waals surface area contributed by atoms with Gasteiger partial charge in [-0.1, -0.05) is 139 Å². The number of aromatic nitrogens is 1. The van der Waals surface area contributed by atoms with Crippen LogP contribution in [0, 0.1) is 50.5 Å². The third-order valence-corrected chi connectivity index (χ3v) is 12.4. The molecule has 0 aliphatic heterocycles. The summed E-state index contributed by atoms with van der Waals surface area (Å²) < 4.78 is 6.37. The molecule has 0 atom stereocenters. The number of aliphatic hydroxyl groups is 1. The number of hydrogen-bond acceptors (Lipinski definition) is 4. The first-order valence-corrected chi connectivity index (χ1v) is 20.6. The molecule has 0 amide bonds.